The molecule has 8 nitrogen and oxygen atoms in total. The van der Waals surface area contributed by atoms with E-state index in [9.17, 15) is 22.8 Å². The SMILES string of the molecule is CC(C)S(=O)(=O)c1cc2c(cc1NC(=O)c1cccc(Cl)c1)n(C)c(=O)c(=O)n2C. The zero-order valence-electron chi connectivity index (χ0n) is 16.8. The molecule has 1 N–H and O–H groups in total. The standard InChI is InChI=1S/C20H20ClN3O5S/c1-11(2)30(28,29)17-10-16-15(23(3)19(26)20(27)24(16)4)9-14(17)22-18(25)12-6-5-7-13(21)8-12/h5-11H,1-4H3,(H,22,25). The molecule has 10 heteroatoms. The molecule has 158 valence electrons. The van der Waals surface area contributed by atoms with Crippen LogP contribution in [0.5, 0.6) is 0 Å². The molecule has 1 aromatic heterocycles. The second-order valence-electron chi connectivity index (χ2n) is 7.12. The van der Waals surface area contributed by atoms with Gasteiger partial charge in [-0.1, -0.05) is 17.7 Å². The molecule has 1 heterocycles. The number of nitrogens with zero attached hydrogens (tertiary/aromatic N) is 2. The van der Waals surface area contributed by atoms with Crippen LogP contribution in [-0.4, -0.2) is 28.7 Å². The summed E-state index contributed by atoms with van der Waals surface area (Å²) < 4.78 is 28.2. The topological polar surface area (TPSA) is 107 Å². The molecular weight excluding hydrogens is 430 g/mol. The number of hydrogen-bond acceptors (Lipinski definition) is 5. The predicted molar refractivity (Wildman–Crippen MR) is 116 cm³/mol. The number of anilines is 1. The molecule has 2 aromatic carbocycles. The highest BCUT2D eigenvalue weighted by atomic mass is 35.5. The van der Waals surface area contributed by atoms with Crippen molar-refractivity contribution in [1.82, 2.24) is 9.13 Å². The second-order valence-corrected chi connectivity index (χ2v) is 10.0. The Kier molecular flexibility index (Phi) is 5.62. The van der Waals surface area contributed by atoms with Crippen molar-refractivity contribution in [3.63, 3.8) is 0 Å². The highest BCUT2D eigenvalue weighted by Gasteiger charge is 2.26. The van der Waals surface area contributed by atoms with Crippen molar-refractivity contribution in [2.75, 3.05) is 5.32 Å². The molecule has 0 aliphatic heterocycles. The maximum Gasteiger partial charge on any atom is 0.316 e. The number of amides is 1. The first kappa shape index (κ1) is 21.8. The number of carbonyl (C=O) groups excluding carboxylic acids is 1. The summed E-state index contributed by atoms with van der Waals surface area (Å²) in [6.45, 7) is 3.03. The smallest absolute Gasteiger partial charge is 0.316 e. The Morgan fingerprint density at radius 1 is 1.00 bits per heavy atom. The molecule has 0 saturated carbocycles. The van der Waals surface area contributed by atoms with Gasteiger partial charge in [0.05, 0.1) is 26.9 Å². The van der Waals surface area contributed by atoms with Crippen LogP contribution in [0.2, 0.25) is 5.02 Å². The van der Waals surface area contributed by atoms with Crippen molar-refractivity contribution in [2.24, 2.45) is 14.1 Å². The molecule has 0 saturated heterocycles. The second kappa shape index (κ2) is 7.73. The molecule has 0 aliphatic rings. The molecular formula is C20H20ClN3O5S. The van der Waals surface area contributed by atoms with E-state index in [1.807, 2.05) is 0 Å². The minimum absolute atomic E-state index is 0.00910. The summed E-state index contributed by atoms with van der Waals surface area (Å²) in [7, 11) is -1.03. The van der Waals surface area contributed by atoms with E-state index in [1.54, 1.807) is 18.2 Å². The van der Waals surface area contributed by atoms with Crippen LogP contribution < -0.4 is 16.4 Å². The first-order chi connectivity index (χ1) is 13.9. The lowest BCUT2D eigenvalue weighted by Crippen LogP contribution is -2.39. The lowest BCUT2D eigenvalue weighted by molar-refractivity contribution is 0.102. The van der Waals surface area contributed by atoms with Crippen LogP contribution in [0, 0.1) is 0 Å². The van der Waals surface area contributed by atoms with Gasteiger partial charge in [0.15, 0.2) is 9.84 Å². The summed E-state index contributed by atoms with van der Waals surface area (Å²) in [4.78, 5) is 37.0. The van der Waals surface area contributed by atoms with Crippen LogP contribution in [-0.2, 0) is 23.9 Å². The number of aromatic nitrogens is 2. The van der Waals surface area contributed by atoms with Crippen LogP contribution >= 0.6 is 11.6 Å². The number of rotatable bonds is 4. The van der Waals surface area contributed by atoms with Crippen LogP contribution in [0.15, 0.2) is 50.9 Å². The Morgan fingerprint density at radius 3 is 2.10 bits per heavy atom. The van der Waals surface area contributed by atoms with Gasteiger partial charge in [0.25, 0.3) is 5.91 Å². The molecule has 3 aromatic rings. The van der Waals surface area contributed by atoms with Gasteiger partial charge in [-0.05, 0) is 44.2 Å². The third-order valence-electron chi connectivity index (χ3n) is 4.85. The van der Waals surface area contributed by atoms with Gasteiger partial charge in [-0.3, -0.25) is 14.4 Å². The predicted octanol–water partition coefficient (Wildman–Crippen LogP) is 2.33. The Labute approximate surface area is 177 Å². The van der Waals surface area contributed by atoms with E-state index >= 15 is 0 Å². The van der Waals surface area contributed by atoms with E-state index in [1.165, 1.54) is 46.1 Å². The van der Waals surface area contributed by atoms with E-state index < -0.39 is 32.1 Å². The van der Waals surface area contributed by atoms with Gasteiger partial charge in [0.1, 0.15) is 0 Å². The number of halogens is 1. The summed E-state index contributed by atoms with van der Waals surface area (Å²) >= 11 is 5.94. The van der Waals surface area contributed by atoms with Crippen LogP contribution in [0.3, 0.4) is 0 Å². The average molecular weight is 450 g/mol. The van der Waals surface area contributed by atoms with Gasteiger partial charge in [0.2, 0.25) is 0 Å². The molecule has 30 heavy (non-hydrogen) atoms. The van der Waals surface area contributed by atoms with Crippen molar-refractivity contribution in [1.29, 1.82) is 0 Å². The van der Waals surface area contributed by atoms with E-state index in [2.05, 4.69) is 5.32 Å². The van der Waals surface area contributed by atoms with Gasteiger partial charge >= 0.3 is 11.1 Å². The minimum atomic E-state index is -3.83. The fourth-order valence-electron chi connectivity index (χ4n) is 3.01. The highest BCUT2D eigenvalue weighted by Crippen LogP contribution is 2.30. The largest absolute Gasteiger partial charge is 0.321 e. The lowest BCUT2D eigenvalue weighted by Gasteiger charge is -2.17. The van der Waals surface area contributed by atoms with Crippen LogP contribution in [0.1, 0.15) is 24.2 Å². The van der Waals surface area contributed by atoms with Crippen molar-refractivity contribution in [2.45, 2.75) is 24.0 Å². The number of benzene rings is 2. The number of sulfone groups is 1. The first-order valence-electron chi connectivity index (χ1n) is 8.99. The highest BCUT2D eigenvalue weighted by molar-refractivity contribution is 7.92. The molecule has 0 spiro atoms. The molecule has 0 radical (unpaired) electrons. The molecule has 0 atom stereocenters. The Balaban J connectivity index is 2.32. The normalized spacial score (nSPS) is 11.8. The monoisotopic (exact) mass is 449 g/mol. The van der Waals surface area contributed by atoms with E-state index in [-0.39, 0.29) is 21.7 Å². The summed E-state index contributed by atoms with van der Waals surface area (Å²) in [6.07, 6.45) is 0. The summed E-state index contributed by atoms with van der Waals surface area (Å²) in [5.41, 5.74) is -0.752. The minimum Gasteiger partial charge on any atom is -0.321 e. The molecule has 0 unspecified atom stereocenters. The molecule has 0 aliphatic carbocycles. The van der Waals surface area contributed by atoms with E-state index in [4.69, 9.17) is 11.6 Å². The van der Waals surface area contributed by atoms with Gasteiger partial charge in [0, 0.05) is 24.7 Å². The van der Waals surface area contributed by atoms with Crippen LogP contribution in [0.25, 0.3) is 11.0 Å². The van der Waals surface area contributed by atoms with E-state index in [0.717, 1.165) is 9.13 Å². The third kappa shape index (κ3) is 3.66. The van der Waals surface area contributed by atoms with E-state index in [0.29, 0.717) is 10.5 Å². The maximum atomic E-state index is 13.0. The van der Waals surface area contributed by atoms with Crippen LogP contribution in [0.4, 0.5) is 5.69 Å². The van der Waals surface area contributed by atoms with Crippen molar-refractivity contribution < 1.29 is 13.2 Å². The first-order valence-corrected chi connectivity index (χ1v) is 10.9. The van der Waals surface area contributed by atoms with Crippen molar-refractivity contribution in [3.8, 4) is 0 Å². The maximum absolute atomic E-state index is 13.0. The van der Waals surface area contributed by atoms with Gasteiger partial charge in [-0.25, -0.2) is 8.42 Å². The number of aryl methyl sites for hydroxylation is 2. The number of hydrogen-bond donors (Lipinski definition) is 1. The van der Waals surface area contributed by atoms with Gasteiger partial charge in [-0.15, -0.1) is 0 Å². The Bertz CT molecular complexity index is 1400. The Hall–Kier alpha value is -2.91. The fraction of sp³-hybridized carbons (Fsp3) is 0.250. The zero-order chi connectivity index (χ0) is 22.4. The lowest BCUT2D eigenvalue weighted by atomic mass is 10.2. The van der Waals surface area contributed by atoms with Crippen molar-refractivity contribution >= 4 is 44.1 Å². The molecule has 0 fully saturated rings. The molecule has 3 rings (SSSR count). The third-order valence-corrected chi connectivity index (χ3v) is 7.28. The fourth-order valence-corrected chi connectivity index (χ4v) is 4.40. The van der Waals surface area contributed by atoms with Gasteiger partial charge in [-0.2, -0.15) is 0 Å². The number of nitrogens with one attached hydrogen (secondary N) is 1. The average Bonchev–Trinajstić information content (AvgIpc) is 2.70. The van der Waals surface area contributed by atoms with Crippen molar-refractivity contribution in [3.05, 3.63) is 67.7 Å². The Morgan fingerprint density at radius 2 is 1.57 bits per heavy atom. The zero-order valence-corrected chi connectivity index (χ0v) is 18.3. The quantitative estimate of drug-likeness (QED) is 0.615. The summed E-state index contributed by atoms with van der Waals surface area (Å²) in [5, 5.41) is 2.19. The van der Waals surface area contributed by atoms with Gasteiger partial charge < -0.3 is 14.5 Å². The molecule has 0 bridgehead atoms. The summed E-state index contributed by atoms with van der Waals surface area (Å²) in [5.74, 6) is -0.563. The number of fused-ring (bicyclic) bond motifs is 1. The molecule has 1 amide bonds. The number of carbonyl (C=O) groups is 1. The summed E-state index contributed by atoms with van der Waals surface area (Å²) in [6, 6.07) is 8.89.